The fourth-order valence-corrected chi connectivity index (χ4v) is 2.74. The van der Waals surface area contributed by atoms with E-state index in [4.69, 9.17) is 4.74 Å². The molecule has 0 aliphatic carbocycles. The summed E-state index contributed by atoms with van der Waals surface area (Å²) in [7, 11) is 1.70. The van der Waals surface area contributed by atoms with E-state index in [0.29, 0.717) is 6.04 Å². The van der Waals surface area contributed by atoms with E-state index in [1.165, 1.54) is 10.6 Å². The molecule has 0 saturated heterocycles. The summed E-state index contributed by atoms with van der Waals surface area (Å²) in [6.45, 7) is 5.38. The van der Waals surface area contributed by atoms with E-state index in [1.807, 2.05) is 12.1 Å². The quantitative estimate of drug-likeness (QED) is 0.801. The molecule has 0 aliphatic heterocycles. The number of anilines is 1. The second-order valence-corrected chi connectivity index (χ2v) is 5.45. The summed E-state index contributed by atoms with van der Waals surface area (Å²) in [5, 5.41) is 3.44. The van der Waals surface area contributed by atoms with Gasteiger partial charge in [0.2, 0.25) is 0 Å². The maximum atomic E-state index is 5.18. The number of hydrogen-bond acceptors (Lipinski definition) is 3. The Bertz CT molecular complexity index is 462. The summed E-state index contributed by atoms with van der Waals surface area (Å²) in [6.07, 6.45) is 0. The van der Waals surface area contributed by atoms with Crippen LogP contribution in [0, 0.1) is 0 Å². The van der Waals surface area contributed by atoms with Gasteiger partial charge in [0.1, 0.15) is 5.75 Å². The van der Waals surface area contributed by atoms with Crippen LogP contribution in [0.3, 0.4) is 0 Å². The predicted molar refractivity (Wildman–Crippen MR) is 78.6 cm³/mol. The molecule has 2 rings (SSSR count). The molecular formula is C15H19NOS. The maximum absolute atomic E-state index is 5.18. The summed E-state index contributed by atoms with van der Waals surface area (Å²) in [4.78, 5) is 2.41. The smallest absolute Gasteiger partial charge is 0.118 e. The first-order valence-electron chi connectivity index (χ1n) is 6.14. The van der Waals surface area contributed by atoms with Crippen LogP contribution in [0.15, 0.2) is 41.8 Å². The third kappa shape index (κ3) is 3.05. The van der Waals surface area contributed by atoms with Crippen molar-refractivity contribution in [1.29, 1.82) is 0 Å². The molecule has 96 valence electrons. The summed E-state index contributed by atoms with van der Waals surface area (Å²) in [5.74, 6) is 0.908. The molecule has 18 heavy (non-hydrogen) atoms. The first-order valence-corrected chi connectivity index (χ1v) is 7.01. The third-order valence-corrected chi connectivity index (χ3v) is 3.83. The number of nitrogens with zero attached hydrogens (tertiary/aromatic N) is 1. The summed E-state index contributed by atoms with van der Waals surface area (Å²) >= 11 is 1.79. The Morgan fingerprint density at radius 2 is 1.89 bits per heavy atom. The Hall–Kier alpha value is -1.48. The van der Waals surface area contributed by atoms with Crippen molar-refractivity contribution < 1.29 is 4.74 Å². The van der Waals surface area contributed by atoms with Crippen molar-refractivity contribution in [1.82, 2.24) is 0 Å². The van der Waals surface area contributed by atoms with Crippen molar-refractivity contribution >= 4 is 16.3 Å². The van der Waals surface area contributed by atoms with Crippen molar-refractivity contribution in [2.24, 2.45) is 0 Å². The normalized spacial score (nSPS) is 10.7. The molecule has 1 heterocycles. The van der Waals surface area contributed by atoms with E-state index in [-0.39, 0.29) is 0 Å². The van der Waals surface area contributed by atoms with Gasteiger partial charge in [0, 0.05) is 12.6 Å². The molecular weight excluding hydrogens is 242 g/mol. The summed E-state index contributed by atoms with van der Waals surface area (Å²) < 4.78 is 5.18. The lowest BCUT2D eigenvalue weighted by molar-refractivity contribution is 0.414. The highest BCUT2D eigenvalue weighted by Gasteiger charge is 2.11. The first kappa shape index (κ1) is 13.0. The minimum atomic E-state index is 0.491. The molecule has 0 fully saturated rings. The fraction of sp³-hybridized carbons (Fsp3) is 0.333. The van der Waals surface area contributed by atoms with Crippen LogP contribution in [0.2, 0.25) is 0 Å². The van der Waals surface area contributed by atoms with Gasteiger partial charge in [0.15, 0.2) is 0 Å². The average molecular weight is 261 g/mol. The average Bonchev–Trinajstić information content (AvgIpc) is 2.90. The van der Waals surface area contributed by atoms with Crippen LogP contribution in [0.1, 0.15) is 19.4 Å². The highest BCUT2D eigenvalue weighted by molar-refractivity contribution is 7.14. The van der Waals surface area contributed by atoms with Crippen molar-refractivity contribution in [3.05, 3.63) is 47.3 Å². The molecule has 0 bridgehead atoms. The second kappa shape index (κ2) is 5.91. The number of benzene rings is 1. The van der Waals surface area contributed by atoms with Crippen LogP contribution in [-0.4, -0.2) is 13.2 Å². The highest BCUT2D eigenvalue weighted by Crippen LogP contribution is 2.25. The van der Waals surface area contributed by atoms with Crippen molar-refractivity contribution in [2.75, 3.05) is 12.0 Å². The van der Waals surface area contributed by atoms with E-state index in [1.54, 1.807) is 18.4 Å². The Morgan fingerprint density at radius 1 is 1.17 bits per heavy atom. The SMILES string of the molecule is COc1ccc(CN(c2cccs2)C(C)C)cc1. The molecule has 2 aromatic rings. The predicted octanol–water partition coefficient (Wildman–Crippen LogP) is 4.17. The lowest BCUT2D eigenvalue weighted by Gasteiger charge is -2.27. The number of ether oxygens (including phenoxy) is 1. The van der Waals surface area contributed by atoms with Gasteiger partial charge < -0.3 is 9.64 Å². The van der Waals surface area contributed by atoms with Crippen LogP contribution in [0.25, 0.3) is 0 Å². The van der Waals surface area contributed by atoms with Gasteiger partial charge in [0.05, 0.1) is 12.1 Å². The van der Waals surface area contributed by atoms with Crippen molar-refractivity contribution in [3.8, 4) is 5.75 Å². The summed E-state index contributed by atoms with van der Waals surface area (Å²) in [6, 6.07) is 13.1. The molecule has 0 atom stereocenters. The van der Waals surface area contributed by atoms with E-state index in [0.717, 1.165) is 12.3 Å². The van der Waals surface area contributed by atoms with Crippen LogP contribution in [0.4, 0.5) is 5.00 Å². The zero-order chi connectivity index (χ0) is 13.0. The van der Waals surface area contributed by atoms with Gasteiger partial charge in [-0.2, -0.15) is 0 Å². The lowest BCUT2D eigenvalue weighted by Crippen LogP contribution is -2.29. The number of hydrogen-bond donors (Lipinski definition) is 0. The fourth-order valence-electron chi connectivity index (χ4n) is 1.88. The molecule has 0 radical (unpaired) electrons. The van der Waals surface area contributed by atoms with E-state index < -0.39 is 0 Å². The standard InChI is InChI=1S/C15H19NOS/c1-12(2)16(15-5-4-10-18-15)11-13-6-8-14(17-3)9-7-13/h4-10,12H,11H2,1-3H3. The molecule has 2 nitrogen and oxygen atoms in total. The zero-order valence-corrected chi connectivity index (χ0v) is 11.9. The molecule has 1 aromatic carbocycles. The van der Waals surface area contributed by atoms with Crippen LogP contribution in [-0.2, 0) is 6.54 Å². The van der Waals surface area contributed by atoms with Gasteiger partial charge in [0.25, 0.3) is 0 Å². The lowest BCUT2D eigenvalue weighted by atomic mass is 10.2. The second-order valence-electron chi connectivity index (χ2n) is 4.52. The van der Waals surface area contributed by atoms with Gasteiger partial charge in [-0.1, -0.05) is 12.1 Å². The number of methoxy groups -OCH3 is 1. The number of thiophene rings is 1. The summed E-state index contributed by atoms with van der Waals surface area (Å²) in [5.41, 5.74) is 1.30. The van der Waals surface area contributed by atoms with Gasteiger partial charge in [-0.3, -0.25) is 0 Å². The van der Waals surface area contributed by atoms with Crippen molar-refractivity contribution in [3.63, 3.8) is 0 Å². The monoisotopic (exact) mass is 261 g/mol. The zero-order valence-electron chi connectivity index (χ0n) is 11.1. The van der Waals surface area contributed by atoms with Gasteiger partial charge in [-0.25, -0.2) is 0 Å². The molecule has 0 unspecified atom stereocenters. The van der Waals surface area contributed by atoms with Crippen LogP contribution >= 0.6 is 11.3 Å². The van der Waals surface area contributed by atoms with Gasteiger partial charge in [-0.15, -0.1) is 11.3 Å². The van der Waals surface area contributed by atoms with E-state index in [2.05, 4.69) is 48.4 Å². The van der Waals surface area contributed by atoms with Gasteiger partial charge >= 0.3 is 0 Å². The van der Waals surface area contributed by atoms with Crippen molar-refractivity contribution in [2.45, 2.75) is 26.4 Å². The van der Waals surface area contributed by atoms with E-state index in [9.17, 15) is 0 Å². The topological polar surface area (TPSA) is 12.5 Å². The van der Waals surface area contributed by atoms with Crippen LogP contribution < -0.4 is 9.64 Å². The molecule has 0 amide bonds. The Morgan fingerprint density at radius 3 is 2.39 bits per heavy atom. The minimum Gasteiger partial charge on any atom is -0.497 e. The molecule has 0 N–H and O–H groups in total. The third-order valence-electron chi connectivity index (χ3n) is 2.92. The molecule has 0 spiro atoms. The Kier molecular flexibility index (Phi) is 4.26. The Balaban J connectivity index is 2.13. The minimum absolute atomic E-state index is 0.491. The molecule has 3 heteroatoms. The highest BCUT2D eigenvalue weighted by atomic mass is 32.1. The number of rotatable bonds is 5. The molecule has 1 aromatic heterocycles. The molecule has 0 saturated carbocycles. The van der Waals surface area contributed by atoms with Gasteiger partial charge in [-0.05, 0) is 49.1 Å². The Labute approximate surface area is 113 Å². The first-order chi connectivity index (χ1) is 8.70. The van der Waals surface area contributed by atoms with E-state index >= 15 is 0 Å². The molecule has 0 aliphatic rings. The largest absolute Gasteiger partial charge is 0.497 e. The maximum Gasteiger partial charge on any atom is 0.118 e. The van der Waals surface area contributed by atoms with Crippen LogP contribution in [0.5, 0.6) is 5.75 Å².